The Labute approximate surface area is 61.9 Å². The van der Waals surface area contributed by atoms with E-state index in [4.69, 9.17) is 0 Å². The van der Waals surface area contributed by atoms with Gasteiger partial charge in [-0.15, -0.1) is 9.78 Å². The van der Waals surface area contributed by atoms with Crippen LogP contribution in [-0.2, 0) is 7.05 Å². The van der Waals surface area contributed by atoms with E-state index in [2.05, 4.69) is 10.1 Å². The second-order valence-corrected chi connectivity index (χ2v) is 2.31. The second kappa shape index (κ2) is 1.91. The number of aryl methyl sites for hydroxylation is 1. The maximum Gasteiger partial charge on any atom is 0.380 e. The molecule has 11 heavy (non-hydrogen) atoms. The molecule has 56 valence electrons. The Hall–Kier alpha value is -1.65. The van der Waals surface area contributed by atoms with Gasteiger partial charge in [0.15, 0.2) is 7.05 Å². The van der Waals surface area contributed by atoms with Crippen LogP contribution in [0.25, 0.3) is 5.65 Å². The number of rotatable bonds is 0. The van der Waals surface area contributed by atoms with Crippen molar-refractivity contribution in [3.8, 4) is 0 Å². The average molecular weight is 151 g/mol. The smallest absolute Gasteiger partial charge is 0.243 e. The van der Waals surface area contributed by atoms with Crippen LogP contribution in [0.5, 0.6) is 0 Å². The molecule has 5 heteroatoms. The Morgan fingerprint density at radius 3 is 3.36 bits per heavy atom. The van der Waals surface area contributed by atoms with Crippen molar-refractivity contribution in [2.45, 2.75) is 0 Å². The zero-order chi connectivity index (χ0) is 7.84. The zero-order valence-corrected chi connectivity index (χ0v) is 5.98. The first-order valence-corrected chi connectivity index (χ1v) is 3.19. The average Bonchev–Trinajstić information content (AvgIpc) is 2.34. The fourth-order valence-corrected chi connectivity index (χ4v) is 0.992. The Morgan fingerprint density at radius 1 is 1.73 bits per heavy atom. The summed E-state index contributed by atoms with van der Waals surface area (Å²) in [5.41, 5.74) is 0.471. The maximum atomic E-state index is 11.1. The number of nitrogens with zero attached hydrogens (tertiary/aromatic N) is 3. The molecule has 1 N–H and O–H groups in total. The van der Waals surface area contributed by atoms with Gasteiger partial charge in [0.05, 0.1) is 0 Å². The lowest BCUT2D eigenvalue weighted by Gasteiger charge is -1.87. The molecular formula is C6H7N4O+. The van der Waals surface area contributed by atoms with Gasteiger partial charge in [-0.05, 0) is 0 Å². The highest BCUT2D eigenvalue weighted by Crippen LogP contribution is 1.87. The summed E-state index contributed by atoms with van der Waals surface area (Å²) in [6.45, 7) is 0. The van der Waals surface area contributed by atoms with Crippen LogP contribution in [0.15, 0.2) is 23.4 Å². The normalized spacial score (nSPS) is 10.6. The van der Waals surface area contributed by atoms with Crippen LogP contribution in [0, 0.1) is 0 Å². The number of H-pyrrole nitrogens is 1. The van der Waals surface area contributed by atoms with Gasteiger partial charge in [0.2, 0.25) is 11.8 Å². The third kappa shape index (κ3) is 0.813. The lowest BCUT2D eigenvalue weighted by Crippen LogP contribution is -2.40. The van der Waals surface area contributed by atoms with Crippen LogP contribution >= 0.6 is 0 Å². The van der Waals surface area contributed by atoms with Crippen LogP contribution < -0.4 is 10.4 Å². The summed E-state index contributed by atoms with van der Waals surface area (Å²) < 4.78 is 3.02. The minimum Gasteiger partial charge on any atom is -0.243 e. The number of nitrogens with one attached hydrogen (secondary N) is 1. The fourth-order valence-electron chi connectivity index (χ4n) is 0.992. The number of fused-ring (bicyclic) bond motifs is 1. The van der Waals surface area contributed by atoms with E-state index in [-0.39, 0.29) is 5.69 Å². The topological polar surface area (TPSA) is 54.0 Å². The fraction of sp³-hybridized carbons (Fsp3) is 0.167. The van der Waals surface area contributed by atoms with Crippen molar-refractivity contribution in [2.75, 3.05) is 0 Å². The first-order chi connectivity index (χ1) is 5.27. The third-order valence-electron chi connectivity index (χ3n) is 1.47. The quantitative estimate of drug-likeness (QED) is 0.483. The second-order valence-electron chi connectivity index (χ2n) is 2.31. The minimum absolute atomic E-state index is 0.178. The molecule has 2 rings (SSSR count). The largest absolute Gasteiger partial charge is 0.380 e. The number of aromatic nitrogens is 4. The SMILES string of the molecule is C[n+]1cc2nccn2c(=O)[nH]1. The van der Waals surface area contributed by atoms with Gasteiger partial charge in [-0.2, -0.15) is 0 Å². The van der Waals surface area contributed by atoms with Gasteiger partial charge in [-0.25, -0.2) is 14.2 Å². The van der Waals surface area contributed by atoms with Crippen LogP contribution in [0.1, 0.15) is 0 Å². The van der Waals surface area contributed by atoms with E-state index in [0.717, 1.165) is 0 Å². The van der Waals surface area contributed by atoms with E-state index < -0.39 is 0 Å². The molecule has 2 aromatic rings. The molecule has 0 radical (unpaired) electrons. The van der Waals surface area contributed by atoms with Crippen molar-refractivity contribution < 1.29 is 4.68 Å². The van der Waals surface area contributed by atoms with E-state index in [1.54, 1.807) is 30.3 Å². The highest BCUT2D eigenvalue weighted by Gasteiger charge is 2.01. The molecule has 0 aliphatic rings. The maximum absolute atomic E-state index is 11.1. The summed E-state index contributed by atoms with van der Waals surface area (Å²) in [4.78, 5) is 15.1. The van der Waals surface area contributed by atoms with E-state index in [0.29, 0.717) is 5.65 Å². The van der Waals surface area contributed by atoms with Gasteiger partial charge in [0.1, 0.15) is 0 Å². The Bertz CT molecular complexity index is 441. The molecule has 0 unspecified atom stereocenters. The van der Waals surface area contributed by atoms with Gasteiger partial charge in [-0.1, -0.05) is 0 Å². The zero-order valence-electron chi connectivity index (χ0n) is 5.98. The van der Waals surface area contributed by atoms with E-state index in [1.165, 1.54) is 4.40 Å². The van der Waals surface area contributed by atoms with Gasteiger partial charge in [-0.3, -0.25) is 0 Å². The molecule has 0 amide bonds. The van der Waals surface area contributed by atoms with Gasteiger partial charge < -0.3 is 0 Å². The predicted molar refractivity (Wildman–Crippen MR) is 37.0 cm³/mol. The van der Waals surface area contributed by atoms with Crippen molar-refractivity contribution in [1.82, 2.24) is 14.5 Å². The number of hydrogen-bond donors (Lipinski definition) is 1. The van der Waals surface area contributed by atoms with Crippen molar-refractivity contribution in [3.63, 3.8) is 0 Å². The predicted octanol–water partition coefficient (Wildman–Crippen LogP) is -1.15. The summed E-state index contributed by atoms with van der Waals surface area (Å²) >= 11 is 0. The van der Waals surface area contributed by atoms with Crippen LogP contribution in [0.3, 0.4) is 0 Å². The summed E-state index contributed by atoms with van der Waals surface area (Å²) in [5, 5.41) is 2.58. The summed E-state index contributed by atoms with van der Waals surface area (Å²) in [6.07, 6.45) is 4.94. The molecular weight excluding hydrogens is 144 g/mol. The summed E-state index contributed by atoms with van der Waals surface area (Å²) in [6, 6.07) is 0. The number of imidazole rings is 1. The third-order valence-corrected chi connectivity index (χ3v) is 1.47. The Kier molecular flexibility index (Phi) is 1.06. The van der Waals surface area contributed by atoms with E-state index in [9.17, 15) is 4.79 Å². The lowest BCUT2D eigenvalue weighted by atomic mass is 10.7. The van der Waals surface area contributed by atoms with Crippen molar-refractivity contribution in [2.24, 2.45) is 7.05 Å². The van der Waals surface area contributed by atoms with Gasteiger partial charge >= 0.3 is 5.69 Å². The first kappa shape index (κ1) is 6.09. The van der Waals surface area contributed by atoms with E-state index >= 15 is 0 Å². The minimum atomic E-state index is -0.178. The van der Waals surface area contributed by atoms with Crippen molar-refractivity contribution in [1.29, 1.82) is 0 Å². The van der Waals surface area contributed by atoms with Gasteiger partial charge in [0.25, 0.3) is 0 Å². The number of hydrogen-bond acceptors (Lipinski definition) is 2. The Morgan fingerprint density at radius 2 is 2.55 bits per heavy atom. The summed E-state index contributed by atoms with van der Waals surface area (Å²) in [7, 11) is 1.75. The molecule has 0 aromatic carbocycles. The molecule has 0 aliphatic carbocycles. The highest BCUT2D eigenvalue weighted by molar-refractivity contribution is 5.30. The molecule has 0 bridgehead atoms. The molecule has 0 saturated heterocycles. The van der Waals surface area contributed by atoms with E-state index in [1.807, 2.05) is 0 Å². The van der Waals surface area contributed by atoms with Crippen molar-refractivity contribution in [3.05, 3.63) is 29.1 Å². The molecule has 2 aromatic heterocycles. The standard InChI is InChI=1S/C6H6N4O/c1-9-4-5-7-2-3-10(5)6(11)8-9/h2-4H,1H3/p+1. The first-order valence-electron chi connectivity index (χ1n) is 3.19. The highest BCUT2D eigenvalue weighted by atomic mass is 16.1. The molecule has 0 saturated carbocycles. The monoisotopic (exact) mass is 151 g/mol. The number of aromatic amines is 1. The van der Waals surface area contributed by atoms with Crippen LogP contribution in [-0.4, -0.2) is 14.5 Å². The summed E-state index contributed by atoms with van der Waals surface area (Å²) in [5.74, 6) is 0. The lowest BCUT2D eigenvalue weighted by molar-refractivity contribution is -0.731. The van der Waals surface area contributed by atoms with Crippen LogP contribution in [0.4, 0.5) is 0 Å². The van der Waals surface area contributed by atoms with Crippen LogP contribution in [0.2, 0.25) is 0 Å². The molecule has 0 fully saturated rings. The molecule has 0 atom stereocenters. The molecule has 0 spiro atoms. The molecule has 0 aliphatic heterocycles. The molecule has 5 nitrogen and oxygen atoms in total. The molecule has 2 heterocycles. The van der Waals surface area contributed by atoms with Gasteiger partial charge in [0, 0.05) is 12.4 Å². The van der Waals surface area contributed by atoms with Crippen molar-refractivity contribution >= 4 is 5.65 Å². The Balaban J connectivity index is 3.02.